The van der Waals surface area contributed by atoms with Crippen LogP contribution in [0.25, 0.3) is 0 Å². The molecule has 2 aromatic rings. The van der Waals surface area contributed by atoms with Crippen molar-refractivity contribution in [2.45, 2.75) is 0 Å². The number of hydrogen-bond acceptors (Lipinski definition) is 3. The van der Waals surface area contributed by atoms with Crippen LogP contribution in [0.5, 0.6) is 5.75 Å². The Hall–Kier alpha value is -1.67. The Morgan fingerprint density at radius 3 is 2.73 bits per heavy atom. The van der Waals surface area contributed by atoms with E-state index in [2.05, 4.69) is 33.1 Å². The van der Waals surface area contributed by atoms with Crippen molar-refractivity contribution >= 4 is 46.3 Å². The molecule has 22 heavy (non-hydrogen) atoms. The Kier molecular flexibility index (Phi) is 6.14. The lowest BCUT2D eigenvalue weighted by molar-refractivity contribution is -0.123. The number of ether oxygens (including phenoxy) is 1. The van der Waals surface area contributed by atoms with Gasteiger partial charge in [-0.1, -0.05) is 17.7 Å². The number of nitrogens with zero attached hydrogens (tertiary/aromatic N) is 1. The van der Waals surface area contributed by atoms with Gasteiger partial charge >= 0.3 is 0 Å². The number of hydrazone groups is 1. The standard InChI is InChI=1S/C15H11ClFIN2O2/c16-13-2-1-3-14(17)12(13)8-19-20-15(21)9-22-11-6-4-10(18)5-7-11/h1-8H,9H2,(H,20,21). The van der Waals surface area contributed by atoms with Crippen molar-refractivity contribution in [1.82, 2.24) is 5.43 Å². The van der Waals surface area contributed by atoms with Crippen LogP contribution >= 0.6 is 34.2 Å². The van der Waals surface area contributed by atoms with E-state index >= 15 is 0 Å². The van der Waals surface area contributed by atoms with Gasteiger partial charge in [-0.15, -0.1) is 0 Å². The van der Waals surface area contributed by atoms with E-state index in [1.54, 1.807) is 12.1 Å². The van der Waals surface area contributed by atoms with Crippen LogP contribution in [0.3, 0.4) is 0 Å². The molecule has 0 radical (unpaired) electrons. The minimum atomic E-state index is -0.513. The average Bonchev–Trinajstić information content (AvgIpc) is 2.50. The summed E-state index contributed by atoms with van der Waals surface area (Å²) in [4.78, 5) is 11.6. The summed E-state index contributed by atoms with van der Waals surface area (Å²) in [6.45, 7) is -0.192. The van der Waals surface area contributed by atoms with Crippen molar-refractivity contribution < 1.29 is 13.9 Å². The van der Waals surface area contributed by atoms with E-state index in [0.29, 0.717) is 5.75 Å². The maximum Gasteiger partial charge on any atom is 0.277 e. The van der Waals surface area contributed by atoms with Gasteiger partial charge < -0.3 is 4.74 Å². The summed E-state index contributed by atoms with van der Waals surface area (Å²) in [5.41, 5.74) is 2.36. The molecule has 0 saturated heterocycles. The number of rotatable bonds is 5. The van der Waals surface area contributed by atoms with Crippen LogP contribution in [-0.4, -0.2) is 18.7 Å². The molecule has 1 amide bonds. The van der Waals surface area contributed by atoms with Crippen molar-refractivity contribution in [1.29, 1.82) is 0 Å². The molecule has 0 aromatic heterocycles. The molecule has 2 aromatic carbocycles. The summed E-state index contributed by atoms with van der Waals surface area (Å²) in [6.07, 6.45) is 1.15. The van der Waals surface area contributed by atoms with E-state index in [4.69, 9.17) is 16.3 Å². The molecule has 2 rings (SSSR count). The van der Waals surface area contributed by atoms with Crippen molar-refractivity contribution in [2.75, 3.05) is 6.61 Å². The molecule has 0 fully saturated rings. The maximum atomic E-state index is 13.5. The topological polar surface area (TPSA) is 50.7 Å². The Labute approximate surface area is 145 Å². The van der Waals surface area contributed by atoms with E-state index < -0.39 is 11.7 Å². The zero-order valence-corrected chi connectivity index (χ0v) is 14.1. The Balaban J connectivity index is 1.85. The molecule has 0 atom stereocenters. The number of carbonyl (C=O) groups excluding carboxylic acids is 1. The summed E-state index contributed by atoms with van der Waals surface area (Å²) in [5, 5.41) is 3.88. The van der Waals surface area contributed by atoms with Gasteiger partial charge in [-0.3, -0.25) is 4.79 Å². The monoisotopic (exact) mass is 432 g/mol. The lowest BCUT2D eigenvalue weighted by Gasteiger charge is -2.05. The zero-order chi connectivity index (χ0) is 15.9. The lowest BCUT2D eigenvalue weighted by Crippen LogP contribution is -2.24. The highest BCUT2D eigenvalue weighted by molar-refractivity contribution is 14.1. The second-order valence-electron chi connectivity index (χ2n) is 4.17. The van der Waals surface area contributed by atoms with Crippen molar-refractivity contribution in [3.63, 3.8) is 0 Å². The highest BCUT2D eigenvalue weighted by Gasteiger charge is 2.05. The van der Waals surface area contributed by atoms with Crippen LogP contribution in [0.2, 0.25) is 5.02 Å². The van der Waals surface area contributed by atoms with Gasteiger partial charge in [0.15, 0.2) is 6.61 Å². The maximum absolute atomic E-state index is 13.5. The fourth-order valence-electron chi connectivity index (χ4n) is 1.51. The van der Waals surface area contributed by atoms with Crippen LogP contribution in [-0.2, 0) is 4.79 Å². The number of benzene rings is 2. The van der Waals surface area contributed by atoms with E-state index in [-0.39, 0.29) is 17.2 Å². The minimum Gasteiger partial charge on any atom is -0.484 e. The summed E-state index contributed by atoms with van der Waals surface area (Å²) < 4.78 is 19.8. The molecular formula is C15H11ClFIN2O2. The van der Waals surface area contributed by atoms with Gasteiger partial charge in [0.25, 0.3) is 5.91 Å². The Bertz CT molecular complexity index is 672. The van der Waals surface area contributed by atoms with Crippen LogP contribution in [0, 0.1) is 9.39 Å². The van der Waals surface area contributed by atoms with Crippen molar-refractivity contribution in [3.8, 4) is 5.75 Å². The first-order valence-corrected chi connectivity index (χ1v) is 7.66. The van der Waals surface area contributed by atoms with Gasteiger partial charge in [0.1, 0.15) is 11.6 Å². The molecule has 0 saturated carbocycles. The normalized spacial score (nSPS) is 10.7. The molecule has 1 N–H and O–H groups in total. The molecule has 0 unspecified atom stereocenters. The summed E-state index contributed by atoms with van der Waals surface area (Å²) in [6, 6.07) is 11.5. The summed E-state index contributed by atoms with van der Waals surface area (Å²) in [7, 11) is 0. The molecular weight excluding hydrogens is 422 g/mol. The predicted molar refractivity (Wildman–Crippen MR) is 91.8 cm³/mol. The number of nitrogens with one attached hydrogen (secondary N) is 1. The smallest absolute Gasteiger partial charge is 0.277 e. The largest absolute Gasteiger partial charge is 0.484 e. The second kappa shape index (κ2) is 8.09. The summed E-state index contributed by atoms with van der Waals surface area (Å²) >= 11 is 8.00. The molecule has 7 heteroatoms. The van der Waals surface area contributed by atoms with Gasteiger partial charge in [0.2, 0.25) is 0 Å². The molecule has 0 aliphatic heterocycles. The highest BCUT2D eigenvalue weighted by atomic mass is 127. The fraction of sp³-hybridized carbons (Fsp3) is 0.0667. The first-order valence-electron chi connectivity index (χ1n) is 6.20. The first-order chi connectivity index (χ1) is 10.6. The number of hydrogen-bond donors (Lipinski definition) is 1. The van der Waals surface area contributed by atoms with Gasteiger partial charge in [-0.2, -0.15) is 5.10 Å². The first kappa shape index (κ1) is 16.7. The Morgan fingerprint density at radius 2 is 2.05 bits per heavy atom. The third kappa shape index (κ3) is 4.96. The molecule has 114 valence electrons. The van der Waals surface area contributed by atoms with Crippen LogP contribution in [0.15, 0.2) is 47.6 Å². The number of amides is 1. The summed E-state index contributed by atoms with van der Waals surface area (Å²) in [5.74, 6) is -0.389. The van der Waals surface area contributed by atoms with E-state index in [1.807, 2.05) is 12.1 Å². The van der Waals surface area contributed by atoms with Crippen LogP contribution < -0.4 is 10.2 Å². The second-order valence-corrected chi connectivity index (χ2v) is 5.82. The molecule has 4 nitrogen and oxygen atoms in total. The van der Waals surface area contributed by atoms with Crippen LogP contribution in [0.4, 0.5) is 4.39 Å². The molecule has 0 aliphatic carbocycles. The van der Waals surface area contributed by atoms with Crippen LogP contribution in [0.1, 0.15) is 5.56 Å². The van der Waals surface area contributed by atoms with Crippen molar-refractivity contribution in [2.24, 2.45) is 5.10 Å². The predicted octanol–water partition coefficient (Wildman–Crippen LogP) is 3.61. The number of carbonyl (C=O) groups is 1. The van der Waals surface area contributed by atoms with Gasteiger partial charge in [0, 0.05) is 9.13 Å². The SMILES string of the molecule is O=C(COc1ccc(I)cc1)NN=Cc1c(F)cccc1Cl. The molecule has 0 heterocycles. The minimum absolute atomic E-state index is 0.114. The van der Waals surface area contributed by atoms with E-state index in [9.17, 15) is 9.18 Å². The third-order valence-corrected chi connectivity index (χ3v) is 3.61. The average molecular weight is 433 g/mol. The van der Waals surface area contributed by atoms with Gasteiger partial charge in [-0.25, -0.2) is 9.82 Å². The van der Waals surface area contributed by atoms with E-state index in [0.717, 1.165) is 9.78 Å². The lowest BCUT2D eigenvalue weighted by atomic mass is 10.2. The molecule has 0 bridgehead atoms. The fourth-order valence-corrected chi connectivity index (χ4v) is 2.09. The zero-order valence-electron chi connectivity index (χ0n) is 11.2. The third-order valence-electron chi connectivity index (χ3n) is 2.57. The quantitative estimate of drug-likeness (QED) is 0.446. The highest BCUT2D eigenvalue weighted by Crippen LogP contribution is 2.16. The van der Waals surface area contributed by atoms with Gasteiger partial charge in [-0.05, 0) is 59.0 Å². The Morgan fingerprint density at radius 1 is 1.32 bits per heavy atom. The van der Waals surface area contributed by atoms with Gasteiger partial charge in [0.05, 0.1) is 11.2 Å². The molecule has 0 aliphatic rings. The number of halogens is 3. The molecule has 0 spiro atoms. The van der Waals surface area contributed by atoms with Crippen molar-refractivity contribution in [3.05, 3.63) is 62.4 Å². The van der Waals surface area contributed by atoms with E-state index in [1.165, 1.54) is 18.2 Å².